The highest BCUT2D eigenvalue weighted by Gasteiger charge is 2.45. The largest absolute Gasteiger partial charge is 0.540 e. The van der Waals surface area contributed by atoms with Crippen LogP contribution in [0.2, 0.25) is 0 Å². The topological polar surface area (TPSA) is 47.9 Å². The van der Waals surface area contributed by atoms with Gasteiger partial charge in [-0.1, -0.05) is 0 Å². The Kier molecular flexibility index (Phi) is 4.49. The zero-order chi connectivity index (χ0) is 8.20. The lowest BCUT2D eigenvalue weighted by Gasteiger charge is -2.25. The molecule has 0 aromatic rings. The molecule has 0 aliphatic carbocycles. The molecule has 10 heavy (non-hydrogen) atoms. The van der Waals surface area contributed by atoms with Crippen molar-refractivity contribution in [1.82, 2.24) is 0 Å². The number of aliphatic hydroxyl groups excluding tert-OH is 1. The van der Waals surface area contributed by atoms with Gasteiger partial charge in [0.05, 0.1) is 0 Å². The third kappa shape index (κ3) is 1.94. The zero-order valence-electron chi connectivity index (χ0n) is 6.20. The maximum absolute atomic E-state index is 9.01. The van der Waals surface area contributed by atoms with Crippen molar-refractivity contribution in [3.63, 3.8) is 0 Å². The van der Waals surface area contributed by atoms with Gasteiger partial charge in [-0.15, -0.1) is 12.6 Å². The molecule has 62 valence electrons. The van der Waals surface area contributed by atoms with Crippen molar-refractivity contribution in [2.45, 2.75) is 5.06 Å². The van der Waals surface area contributed by atoms with Crippen molar-refractivity contribution in [3.05, 3.63) is 0 Å². The molecule has 0 aromatic heterocycles. The summed E-state index contributed by atoms with van der Waals surface area (Å²) in [5.74, 6) is 0. The van der Waals surface area contributed by atoms with Crippen molar-refractivity contribution in [3.8, 4) is 0 Å². The lowest BCUT2D eigenvalue weighted by molar-refractivity contribution is 0.0865. The predicted molar refractivity (Wildman–Crippen MR) is 41.8 cm³/mol. The van der Waals surface area contributed by atoms with E-state index in [1.807, 2.05) is 0 Å². The third-order valence-electron chi connectivity index (χ3n) is 1.17. The fourth-order valence-electron chi connectivity index (χ4n) is 0.566. The second-order valence-electron chi connectivity index (χ2n) is 1.59. The number of rotatable bonds is 4. The number of thiol groups is 1. The van der Waals surface area contributed by atoms with Crippen molar-refractivity contribution in [1.29, 1.82) is 0 Å². The summed E-state index contributed by atoms with van der Waals surface area (Å²) in [6.07, 6.45) is 0. The van der Waals surface area contributed by atoms with Gasteiger partial charge in [0.1, 0.15) is 0 Å². The van der Waals surface area contributed by atoms with E-state index in [2.05, 4.69) is 12.6 Å². The molecule has 0 heterocycles. The van der Waals surface area contributed by atoms with Crippen LogP contribution in [0.15, 0.2) is 0 Å². The molecule has 0 spiro atoms. The maximum Gasteiger partial charge on any atom is 0.540 e. The molecule has 0 radical (unpaired) electrons. The summed E-state index contributed by atoms with van der Waals surface area (Å²) in [5, 5.41) is 8.02. The van der Waals surface area contributed by atoms with Crippen LogP contribution >= 0.6 is 12.6 Å². The fourth-order valence-corrected chi connectivity index (χ4v) is 2.65. The normalized spacial score (nSPS) is 15.3. The van der Waals surface area contributed by atoms with Crippen LogP contribution in [-0.2, 0) is 13.3 Å². The van der Waals surface area contributed by atoms with E-state index < -0.39 is 13.9 Å². The highest BCUT2D eigenvalue weighted by atomic mass is 32.1. The first kappa shape index (κ1) is 10.4. The Morgan fingerprint density at radius 2 is 1.50 bits per heavy atom. The molecule has 1 atom stereocenters. The maximum atomic E-state index is 9.01. The van der Waals surface area contributed by atoms with Crippen LogP contribution in [0.3, 0.4) is 0 Å². The summed E-state index contributed by atoms with van der Waals surface area (Å²) in [6.45, 7) is 0. The van der Waals surface area contributed by atoms with Gasteiger partial charge in [0.2, 0.25) is 0 Å². The molecule has 0 saturated heterocycles. The van der Waals surface area contributed by atoms with Crippen LogP contribution in [0, 0.1) is 0 Å². The van der Waals surface area contributed by atoms with Gasteiger partial charge in [-0.05, 0) is 0 Å². The van der Waals surface area contributed by atoms with Crippen LogP contribution in [-0.4, -0.2) is 40.3 Å². The van der Waals surface area contributed by atoms with Gasteiger partial charge >= 0.3 is 8.80 Å². The van der Waals surface area contributed by atoms with Crippen LogP contribution in [0.25, 0.3) is 0 Å². The molecule has 0 fully saturated rings. The van der Waals surface area contributed by atoms with Crippen molar-refractivity contribution in [2.75, 3.05) is 21.3 Å². The number of hydrogen-bond donors (Lipinski definition) is 2. The first-order valence-electron chi connectivity index (χ1n) is 2.64. The molecule has 4 nitrogen and oxygen atoms in total. The van der Waals surface area contributed by atoms with E-state index in [4.69, 9.17) is 18.4 Å². The molecule has 0 amide bonds. The molecule has 1 N–H and O–H groups in total. The van der Waals surface area contributed by atoms with Crippen LogP contribution < -0.4 is 0 Å². The van der Waals surface area contributed by atoms with Crippen molar-refractivity contribution < 1.29 is 18.4 Å². The molecular weight excluding hydrogens is 172 g/mol. The molecule has 1 unspecified atom stereocenters. The smallest absolute Gasteiger partial charge is 0.378 e. The van der Waals surface area contributed by atoms with Gasteiger partial charge in [0.25, 0.3) is 0 Å². The Balaban J connectivity index is 4.15. The van der Waals surface area contributed by atoms with E-state index >= 15 is 0 Å². The molecule has 0 aliphatic rings. The van der Waals surface area contributed by atoms with Crippen LogP contribution in [0.5, 0.6) is 0 Å². The van der Waals surface area contributed by atoms with Gasteiger partial charge in [-0.3, -0.25) is 0 Å². The van der Waals surface area contributed by atoms with E-state index in [0.717, 1.165) is 0 Å². The average molecular weight is 184 g/mol. The molecule has 0 bridgehead atoms. The summed E-state index contributed by atoms with van der Waals surface area (Å²) in [7, 11) is 1.37. The Morgan fingerprint density at radius 1 is 1.20 bits per heavy atom. The first-order valence-corrected chi connectivity index (χ1v) is 4.96. The van der Waals surface area contributed by atoms with Gasteiger partial charge in [-0.25, -0.2) is 0 Å². The zero-order valence-corrected chi connectivity index (χ0v) is 8.09. The van der Waals surface area contributed by atoms with Gasteiger partial charge in [0.15, 0.2) is 5.06 Å². The molecule has 6 heteroatoms. The third-order valence-corrected chi connectivity index (χ3v) is 4.46. The molecular formula is C4H12O4SSi. The summed E-state index contributed by atoms with van der Waals surface area (Å²) in [4.78, 5) is 0. The predicted octanol–water partition coefficient (Wildman–Crippen LogP) is -0.348. The Bertz CT molecular complexity index is 87.0. The summed E-state index contributed by atoms with van der Waals surface area (Å²) in [5.41, 5.74) is 0. The Hall–Kier alpha value is 0.407. The van der Waals surface area contributed by atoms with Crippen LogP contribution in [0.1, 0.15) is 0 Å². The molecule has 0 saturated carbocycles. The lowest BCUT2D eigenvalue weighted by Crippen LogP contribution is -2.51. The fraction of sp³-hybridized carbons (Fsp3) is 1.00. The number of hydrogen-bond acceptors (Lipinski definition) is 5. The summed E-state index contributed by atoms with van der Waals surface area (Å²) >= 11 is 3.76. The second kappa shape index (κ2) is 4.32. The van der Waals surface area contributed by atoms with E-state index in [9.17, 15) is 0 Å². The molecule has 0 aliphatic heterocycles. The summed E-state index contributed by atoms with van der Waals surface area (Å²) in [6, 6.07) is 0. The van der Waals surface area contributed by atoms with E-state index in [1.165, 1.54) is 21.3 Å². The quantitative estimate of drug-likeness (QED) is 0.356. The van der Waals surface area contributed by atoms with E-state index in [1.54, 1.807) is 0 Å². The SMILES string of the molecule is CO[Si](OC)(OC)C(O)S. The minimum absolute atomic E-state index is 0.993. The van der Waals surface area contributed by atoms with E-state index in [-0.39, 0.29) is 0 Å². The number of aliphatic hydroxyl groups is 1. The second-order valence-corrected chi connectivity index (χ2v) is 5.54. The Labute approximate surface area is 66.9 Å². The van der Waals surface area contributed by atoms with Gasteiger partial charge in [0, 0.05) is 21.3 Å². The minimum Gasteiger partial charge on any atom is -0.378 e. The lowest BCUT2D eigenvalue weighted by atomic mass is 11.7. The van der Waals surface area contributed by atoms with Gasteiger partial charge in [-0.2, -0.15) is 0 Å². The highest BCUT2D eigenvalue weighted by Crippen LogP contribution is 2.13. The van der Waals surface area contributed by atoms with Crippen LogP contribution in [0.4, 0.5) is 0 Å². The molecule has 0 rings (SSSR count). The first-order chi connectivity index (χ1) is 4.63. The van der Waals surface area contributed by atoms with E-state index in [0.29, 0.717) is 0 Å². The highest BCUT2D eigenvalue weighted by molar-refractivity contribution is 7.82. The van der Waals surface area contributed by atoms with Crippen molar-refractivity contribution in [2.24, 2.45) is 0 Å². The van der Waals surface area contributed by atoms with Gasteiger partial charge < -0.3 is 18.4 Å². The monoisotopic (exact) mass is 184 g/mol. The minimum atomic E-state index is -2.88. The molecule has 0 aromatic carbocycles. The Morgan fingerprint density at radius 3 is 1.50 bits per heavy atom. The van der Waals surface area contributed by atoms with Crippen molar-refractivity contribution >= 4 is 21.4 Å². The average Bonchev–Trinajstić information content (AvgIpc) is 1.92. The standard InChI is InChI=1S/C4H12O4SSi/c1-6-10(7-2,8-3)4(5)9/h4-5,9H,1-3H3. The summed E-state index contributed by atoms with van der Waals surface area (Å²) < 4.78 is 14.6.